The van der Waals surface area contributed by atoms with Crippen LogP contribution < -0.4 is 10.1 Å². The highest BCUT2D eigenvalue weighted by Crippen LogP contribution is 2.16. The minimum absolute atomic E-state index is 0.0554. The summed E-state index contributed by atoms with van der Waals surface area (Å²) < 4.78 is 7.38. The molecule has 7 heteroatoms. The van der Waals surface area contributed by atoms with Gasteiger partial charge in [0.1, 0.15) is 12.4 Å². The van der Waals surface area contributed by atoms with E-state index in [0.717, 1.165) is 14.7 Å². The van der Waals surface area contributed by atoms with Crippen molar-refractivity contribution < 1.29 is 14.3 Å². The molecule has 0 atom stereocenters. The van der Waals surface area contributed by atoms with E-state index in [-0.39, 0.29) is 18.4 Å². The summed E-state index contributed by atoms with van der Waals surface area (Å²) >= 11 is 6.67. The van der Waals surface area contributed by atoms with Crippen molar-refractivity contribution in [2.45, 2.75) is 0 Å². The number of carbonyl (C=O) groups is 2. The number of amides is 2. The highest BCUT2D eigenvalue weighted by atomic mass is 79.9. The molecule has 0 aliphatic carbocycles. The first kappa shape index (κ1) is 19.5. The molecule has 25 heavy (non-hydrogen) atoms. The van der Waals surface area contributed by atoms with Crippen LogP contribution in [0.25, 0.3) is 0 Å². The molecule has 0 aromatic heterocycles. The highest BCUT2D eigenvalue weighted by Gasteiger charge is 2.12. The quantitative estimate of drug-likeness (QED) is 0.675. The molecule has 2 aromatic rings. The lowest BCUT2D eigenvalue weighted by molar-refractivity contribution is -0.129. The van der Waals surface area contributed by atoms with Crippen molar-refractivity contribution in [2.24, 2.45) is 0 Å². The third-order valence-electron chi connectivity index (χ3n) is 3.42. The summed E-state index contributed by atoms with van der Waals surface area (Å²) in [5.41, 5.74) is 0.503. The highest BCUT2D eigenvalue weighted by molar-refractivity contribution is 9.10. The third kappa shape index (κ3) is 6.51. The van der Waals surface area contributed by atoms with Crippen LogP contribution in [0.15, 0.2) is 57.5 Å². The van der Waals surface area contributed by atoms with E-state index >= 15 is 0 Å². The van der Waals surface area contributed by atoms with Crippen LogP contribution in [-0.4, -0.2) is 43.5 Å². The second-order valence-corrected chi connectivity index (χ2v) is 7.14. The SMILES string of the molecule is CN(CCOc1ccc(Br)cc1)C(=O)CNC(=O)c1cccc(Br)c1. The Bertz CT molecular complexity index is 735. The van der Waals surface area contributed by atoms with Crippen LogP contribution >= 0.6 is 31.9 Å². The molecule has 0 aliphatic rings. The Morgan fingerprint density at radius 2 is 1.80 bits per heavy atom. The summed E-state index contributed by atoms with van der Waals surface area (Å²) in [5.74, 6) is 0.281. The molecule has 0 heterocycles. The lowest BCUT2D eigenvalue weighted by atomic mass is 10.2. The van der Waals surface area contributed by atoms with E-state index in [9.17, 15) is 9.59 Å². The first-order valence-corrected chi connectivity index (χ1v) is 9.20. The summed E-state index contributed by atoms with van der Waals surface area (Å²) in [7, 11) is 1.68. The van der Waals surface area contributed by atoms with Crippen LogP contribution in [0.2, 0.25) is 0 Å². The summed E-state index contributed by atoms with van der Waals surface area (Å²) in [6.45, 7) is 0.755. The standard InChI is InChI=1S/C18H18Br2N2O3/c1-22(9-10-25-16-7-5-14(19)6-8-16)17(23)12-21-18(24)13-3-2-4-15(20)11-13/h2-8,11H,9-10,12H2,1H3,(H,21,24). The van der Waals surface area contributed by atoms with Gasteiger partial charge < -0.3 is 15.0 Å². The van der Waals surface area contributed by atoms with Gasteiger partial charge in [-0.15, -0.1) is 0 Å². The smallest absolute Gasteiger partial charge is 0.251 e. The van der Waals surface area contributed by atoms with E-state index in [0.29, 0.717) is 18.7 Å². The fourth-order valence-electron chi connectivity index (χ4n) is 1.98. The Balaban J connectivity index is 1.72. The number of halogens is 2. The Kier molecular flexibility index (Phi) is 7.46. The summed E-state index contributed by atoms with van der Waals surface area (Å²) in [5, 5.41) is 2.62. The lowest BCUT2D eigenvalue weighted by Gasteiger charge is -2.18. The van der Waals surface area contributed by atoms with Gasteiger partial charge in [-0.2, -0.15) is 0 Å². The van der Waals surface area contributed by atoms with Gasteiger partial charge in [0.15, 0.2) is 0 Å². The van der Waals surface area contributed by atoms with Gasteiger partial charge in [0.05, 0.1) is 13.1 Å². The van der Waals surface area contributed by atoms with E-state index < -0.39 is 0 Å². The number of nitrogens with one attached hydrogen (secondary N) is 1. The monoisotopic (exact) mass is 468 g/mol. The van der Waals surface area contributed by atoms with Gasteiger partial charge in [0.2, 0.25) is 5.91 Å². The molecule has 0 unspecified atom stereocenters. The zero-order valence-electron chi connectivity index (χ0n) is 13.7. The summed E-state index contributed by atoms with van der Waals surface area (Å²) in [4.78, 5) is 25.6. The molecular weight excluding hydrogens is 452 g/mol. The molecule has 5 nitrogen and oxygen atoms in total. The number of benzene rings is 2. The average Bonchev–Trinajstić information content (AvgIpc) is 2.61. The zero-order valence-corrected chi connectivity index (χ0v) is 16.8. The van der Waals surface area contributed by atoms with Crippen molar-refractivity contribution in [1.29, 1.82) is 0 Å². The Morgan fingerprint density at radius 1 is 1.08 bits per heavy atom. The largest absolute Gasteiger partial charge is 0.492 e. The number of hydrogen-bond acceptors (Lipinski definition) is 3. The molecule has 0 saturated heterocycles. The molecule has 2 aromatic carbocycles. The molecule has 2 rings (SSSR count). The number of likely N-dealkylation sites (N-methyl/N-ethyl adjacent to an activating group) is 1. The fraction of sp³-hybridized carbons (Fsp3) is 0.222. The molecule has 0 spiro atoms. The van der Waals surface area contributed by atoms with E-state index in [4.69, 9.17) is 4.74 Å². The molecule has 1 N–H and O–H groups in total. The van der Waals surface area contributed by atoms with Crippen molar-refractivity contribution in [3.05, 3.63) is 63.0 Å². The van der Waals surface area contributed by atoms with E-state index in [2.05, 4.69) is 37.2 Å². The zero-order chi connectivity index (χ0) is 18.2. The van der Waals surface area contributed by atoms with Crippen LogP contribution in [0.1, 0.15) is 10.4 Å². The van der Waals surface area contributed by atoms with Crippen LogP contribution in [0, 0.1) is 0 Å². The maximum absolute atomic E-state index is 12.1. The van der Waals surface area contributed by atoms with Crippen LogP contribution in [0.4, 0.5) is 0 Å². The van der Waals surface area contributed by atoms with E-state index in [1.165, 1.54) is 4.90 Å². The number of rotatable bonds is 7. The van der Waals surface area contributed by atoms with Gasteiger partial charge in [-0.1, -0.05) is 37.9 Å². The average molecular weight is 470 g/mol. The van der Waals surface area contributed by atoms with Crippen LogP contribution in [0.5, 0.6) is 5.75 Å². The van der Waals surface area contributed by atoms with Crippen molar-refractivity contribution in [1.82, 2.24) is 10.2 Å². The molecule has 0 radical (unpaired) electrons. The molecular formula is C18H18Br2N2O3. The van der Waals surface area contributed by atoms with Gasteiger partial charge >= 0.3 is 0 Å². The van der Waals surface area contributed by atoms with E-state index in [1.807, 2.05) is 30.3 Å². The topological polar surface area (TPSA) is 58.6 Å². The first-order valence-electron chi connectivity index (χ1n) is 7.62. The van der Waals surface area contributed by atoms with Crippen molar-refractivity contribution in [2.75, 3.05) is 26.7 Å². The predicted molar refractivity (Wildman–Crippen MR) is 104 cm³/mol. The second kappa shape index (κ2) is 9.58. The minimum Gasteiger partial charge on any atom is -0.492 e. The van der Waals surface area contributed by atoms with Gasteiger partial charge in [0, 0.05) is 21.6 Å². The number of nitrogens with zero attached hydrogens (tertiary/aromatic N) is 1. The Labute approximate surface area is 163 Å². The van der Waals surface area contributed by atoms with Gasteiger partial charge in [-0.3, -0.25) is 9.59 Å². The molecule has 0 fully saturated rings. The maximum atomic E-state index is 12.1. The van der Waals surface area contributed by atoms with Gasteiger partial charge in [0.25, 0.3) is 5.91 Å². The Hall–Kier alpha value is -1.86. The number of hydrogen-bond donors (Lipinski definition) is 1. The lowest BCUT2D eigenvalue weighted by Crippen LogP contribution is -2.39. The fourth-order valence-corrected chi connectivity index (χ4v) is 2.64. The minimum atomic E-state index is -0.283. The van der Waals surface area contributed by atoms with Gasteiger partial charge in [-0.25, -0.2) is 0 Å². The first-order chi connectivity index (χ1) is 12.0. The molecule has 132 valence electrons. The maximum Gasteiger partial charge on any atom is 0.251 e. The summed E-state index contributed by atoms with van der Waals surface area (Å²) in [6, 6.07) is 14.5. The van der Waals surface area contributed by atoms with Crippen molar-refractivity contribution in [3.63, 3.8) is 0 Å². The normalized spacial score (nSPS) is 10.2. The molecule has 2 amide bonds. The molecule has 0 bridgehead atoms. The van der Waals surface area contributed by atoms with Crippen molar-refractivity contribution >= 4 is 43.7 Å². The molecule has 0 saturated carbocycles. The molecule has 0 aliphatic heterocycles. The second-order valence-electron chi connectivity index (χ2n) is 5.31. The van der Waals surface area contributed by atoms with Crippen LogP contribution in [0.3, 0.4) is 0 Å². The van der Waals surface area contributed by atoms with E-state index in [1.54, 1.807) is 25.2 Å². The van der Waals surface area contributed by atoms with Crippen LogP contribution in [-0.2, 0) is 4.79 Å². The van der Waals surface area contributed by atoms with Crippen molar-refractivity contribution in [3.8, 4) is 5.75 Å². The Morgan fingerprint density at radius 3 is 2.48 bits per heavy atom. The number of carbonyl (C=O) groups excluding carboxylic acids is 2. The summed E-state index contributed by atoms with van der Waals surface area (Å²) in [6.07, 6.45) is 0. The third-order valence-corrected chi connectivity index (χ3v) is 4.44. The predicted octanol–water partition coefficient (Wildman–Crippen LogP) is 3.48. The van der Waals surface area contributed by atoms with Gasteiger partial charge in [-0.05, 0) is 42.5 Å². The number of ether oxygens (including phenoxy) is 1.